The van der Waals surface area contributed by atoms with E-state index in [0.29, 0.717) is 19.7 Å². The lowest BCUT2D eigenvalue weighted by Gasteiger charge is -2.32. The smallest absolute Gasteiger partial charge is 0.323 e. The molecule has 1 fully saturated rings. The van der Waals surface area contributed by atoms with Gasteiger partial charge in [0.1, 0.15) is 5.69 Å². The quantitative estimate of drug-likeness (QED) is 0.878. The van der Waals surface area contributed by atoms with E-state index < -0.39 is 0 Å². The normalized spacial score (nSPS) is 18.4. The Hall–Kier alpha value is -2.41. The number of pyridine rings is 1. The number of rotatable bonds is 4. The summed E-state index contributed by atoms with van der Waals surface area (Å²) in [5, 5.41) is 0. The second-order valence-corrected chi connectivity index (χ2v) is 5.30. The first-order chi connectivity index (χ1) is 10.7. The van der Waals surface area contributed by atoms with Crippen molar-refractivity contribution < 1.29 is 9.53 Å². The van der Waals surface area contributed by atoms with Crippen LogP contribution >= 0.6 is 0 Å². The fourth-order valence-electron chi connectivity index (χ4n) is 2.56. The van der Waals surface area contributed by atoms with E-state index in [9.17, 15) is 9.59 Å². The van der Waals surface area contributed by atoms with Crippen molar-refractivity contribution in [1.82, 2.24) is 19.9 Å². The number of carbonyl (C=O) groups excluding carboxylic acids is 1. The number of carbonyl (C=O) groups is 1. The predicted molar refractivity (Wildman–Crippen MR) is 79.4 cm³/mol. The highest BCUT2D eigenvalue weighted by Gasteiger charge is 2.25. The summed E-state index contributed by atoms with van der Waals surface area (Å²) in [4.78, 5) is 34.3. The third-order valence-corrected chi connectivity index (χ3v) is 3.68. The maximum absolute atomic E-state index is 12.3. The van der Waals surface area contributed by atoms with Gasteiger partial charge in [0.25, 0.3) is 5.91 Å². The molecule has 3 rings (SSSR count). The van der Waals surface area contributed by atoms with E-state index in [1.165, 1.54) is 6.20 Å². The monoisotopic (exact) mass is 302 g/mol. The molecule has 3 heterocycles. The average molecular weight is 302 g/mol. The van der Waals surface area contributed by atoms with Gasteiger partial charge in [-0.3, -0.25) is 9.78 Å². The summed E-state index contributed by atoms with van der Waals surface area (Å²) in [7, 11) is 0. The van der Waals surface area contributed by atoms with Gasteiger partial charge in [-0.1, -0.05) is 6.07 Å². The molecule has 0 radical (unpaired) electrons. The minimum Gasteiger partial charge on any atom is -0.370 e. The van der Waals surface area contributed by atoms with Crippen LogP contribution in [0.2, 0.25) is 0 Å². The van der Waals surface area contributed by atoms with Crippen molar-refractivity contribution in [1.29, 1.82) is 0 Å². The van der Waals surface area contributed by atoms with Crippen molar-refractivity contribution in [2.45, 2.75) is 25.6 Å². The van der Waals surface area contributed by atoms with Crippen LogP contribution < -0.4 is 5.69 Å². The molecule has 2 aromatic heterocycles. The molecule has 2 aromatic rings. The highest BCUT2D eigenvalue weighted by molar-refractivity contribution is 5.92. The van der Waals surface area contributed by atoms with Crippen LogP contribution in [0.3, 0.4) is 0 Å². The first-order valence-corrected chi connectivity index (χ1v) is 7.31. The summed E-state index contributed by atoms with van der Waals surface area (Å²) >= 11 is 0. The molecule has 0 spiro atoms. The van der Waals surface area contributed by atoms with Gasteiger partial charge in [0.05, 0.1) is 18.4 Å². The van der Waals surface area contributed by atoms with Gasteiger partial charge in [0.2, 0.25) is 0 Å². The SMILES string of the molecule is O=C(c1c[nH]c(=O)[nH]1)N1CCCC(OCc2ccccn2)C1. The topological polar surface area (TPSA) is 91.1 Å². The van der Waals surface area contributed by atoms with Crippen molar-refractivity contribution in [3.8, 4) is 0 Å². The molecular weight excluding hydrogens is 284 g/mol. The number of aromatic amines is 2. The van der Waals surface area contributed by atoms with Crippen LogP contribution in [0, 0.1) is 0 Å². The van der Waals surface area contributed by atoms with Gasteiger partial charge >= 0.3 is 5.69 Å². The van der Waals surface area contributed by atoms with Crippen LogP contribution in [0.4, 0.5) is 0 Å². The van der Waals surface area contributed by atoms with Gasteiger partial charge in [0.15, 0.2) is 0 Å². The van der Waals surface area contributed by atoms with E-state index in [4.69, 9.17) is 4.74 Å². The number of aromatic nitrogens is 3. The number of ether oxygens (including phenoxy) is 1. The summed E-state index contributed by atoms with van der Waals surface area (Å²) in [6.07, 6.45) is 4.93. The number of likely N-dealkylation sites (tertiary alicyclic amines) is 1. The Kier molecular flexibility index (Phi) is 4.34. The zero-order chi connectivity index (χ0) is 15.4. The molecule has 0 aromatic carbocycles. The molecule has 1 atom stereocenters. The molecule has 0 bridgehead atoms. The van der Waals surface area contributed by atoms with Crippen LogP contribution in [-0.4, -0.2) is 45.0 Å². The van der Waals surface area contributed by atoms with Crippen molar-refractivity contribution in [2.75, 3.05) is 13.1 Å². The molecule has 1 unspecified atom stereocenters. The maximum Gasteiger partial charge on any atom is 0.323 e. The summed E-state index contributed by atoms with van der Waals surface area (Å²) < 4.78 is 5.85. The molecule has 0 saturated carbocycles. The largest absolute Gasteiger partial charge is 0.370 e. The highest BCUT2D eigenvalue weighted by Crippen LogP contribution is 2.16. The van der Waals surface area contributed by atoms with Crippen molar-refractivity contribution in [3.05, 3.63) is 52.5 Å². The number of hydrogen-bond donors (Lipinski definition) is 2. The van der Waals surface area contributed by atoms with Gasteiger partial charge in [-0.25, -0.2) is 4.79 Å². The lowest BCUT2D eigenvalue weighted by molar-refractivity contribution is -0.00799. The Balaban J connectivity index is 1.57. The third-order valence-electron chi connectivity index (χ3n) is 3.68. The molecule has 22 heavy (non-hydrogen) atoms. The molecule has 1 saturated heterocycles. The van der Waals surface area contributed by atoms with E-state index in [1.807, 2.05) is 18.2 Å². The molecule has 1 aliphatic heterocycles. The van der Waals surface area contributed by atoms with Gasteiger partial charge in [0, 0.05) is 25.5 Å². The zero-order valence-corrected chi connectivity index (χ0v) is 12.1. The number of hydrogen-bond acceptors (Lipinski definition) is 4. The van der Waals surface area contributed by atoms with E-state index in [2.05, 4.69) is 15.0 Å². The number of piperidine rings is 1. The molecule has 1 aliphatic rings. The Bertz CT molecular complexity index is 679. The van der Waals surface area contributed by atoms with E-state index >= 15 is 0 Å². The molecule has 2 N–H and O–H groups in total. The molecular formula is C15H18N4O3. The molecule has 7 nitrogen and oxygen atoms in total. The van der Waals surface area contributed by atoms with Gasteiger partial charge < -0.3 is 19.6 Å². The zero-order valence-electron chi connectivity index (χ0n) is 12.1. The molecule has 0 aliphatic carbocycles. The van der Waals surface area contributed by atoms with E-state index in [0.717, 1.165) is 18.5 Å². The Morgan fingerprint density at radius 3 is 3.09 bits per heavy atom. The Morgan fingerprint density at radius 2 is 2.36 bits per heavy atom. The molecule has 1 amide bonds. The minimum atomic E-state index is -0.372. The fraction of sp³-hybridized carbons (Fsp3) is 0.400. The van der Waals surface area contributed by atoms with Crippen molar-refractivity contribution >= 4 is 5.91 Å². The number of imidazole rings is 1. The van der Waals surface area contributed by atoms with Crippen LogP contribution in [0.1, 0.15) is 29.0 Å². The van der Waals surface area contributed by atoms with Crippen molar-refractivity contribution in [3.63, 3.8) is 0 Å². The number of nitrogens with zero attached hydrogens (tertiary/aromatic N) is 2. The first kappa shape index (κ1) is 14.5. The van der Waals surface area contributed by atoms with Crippen LogP contribution in [-0.2, 0) is 11.3 Å². The van der Waals surface area contributed by atoms with Crippen LogP contribution in [0.25, 0.3) is 0 Å². The summed E-state index contributed by atoms with van der Waals surface area (Å²) in [6.45, 7) is 1.64. The molecule has 7 heteroatoms. The number of nitrogens with one attached hydrogen (secondary N) is 2. The highest BCUT2D eigenvalue weighted by atomic mass is 16.5. The predicted octanol–water partition coefficient (Wildman–Crippen LogP) is 0.919. The Morgan fingerprint density at radius 1 is 1.45 bits per heavy atom. The molecule has 116 valence electrons. The second-order valence-electron chi connectivity index (χ2n) is 5.30. The minimum absolute atomic E-state index is 0.00892. The van der Waals surface area contributed by atoms with Gasteiger partial charge in [-0.05, 0) is 25.0 Å². The van der Waals surface area contributed by atoms with Crippen LogP contribution in [0.5, 0.6) is 0 Å². The van der Waals surface area contributed by atoms with Crippen molar-refractivity contribution in [2.24, 2.45) is 0 Å². The summed E-state index contributed by atoms with van der Waals surface area (Å²) in [5.74, 6) is -0.176. The van der Waals surface area contributed by atoms with Gasteiger partial charge in [-0.2, -0.15) is 0 Å². The lowest BCUT2D eigenvalue weighted by Crippen LogP contribution is -2.43. The maximum atomic E-state index is 12.3. The lowest BCUT2D eigenvalue weighted by atomic mass is 10.1. The van der Waals surface area contributed by atoms with Crippen LogP contribution in [0.15, 0.2) is 35.4 Å². The Labute approximate surface area is 127 Å². The summed E-state index contributed by atoms with van der Waals surface area (Å²) in [5.41, 5.74) is 0.791. The summed E-state index contributed by atoms with van der Waals surface area (Å²) in [6, 6.07) is 5.70. The van der Waals surface area contributed by atoms with E-state index in [-0.39, 0.29) is 23.4 Å². The van der Waals surface area contributed by atoms with Gasteiger partial charge in [-0.15, -0.1) is 0 Å². The third kappa shape index (κ3) is 3.43. The number of amides is 1. The van der Waals surface area contributed by atoms with E-state index in [1.54, 1.807) is 11.1 Å². The average Bonchev–Trinajstić information content (AvgIpc) is 3.00. The first-order valence-electron chi connectivity index (χ1n) is 7.31. The second kappa shape index (κ2) is 6.57. The number of H-pyrrole nitrogens is 2. The fourth-order valence-corrected chi connectivity index (χ4v) is 2.56. The standard InChI is InChI=1S/C15H18N4O3/c20-14(13-8-17-15(21)18-13)19-7-3-5-12(9-19)22-10-11-4-1-2-6-16-11/h1-2,4,6,8,12H,3,5,7,9-10H2,(H2,17,18,21).